The van der Waals surface area contributed by atoms with Gasteiger partial charge in [0.15, 0.2) is 0 Å². The first-order valence-electron chi connectivity index (χ1n) is 10.5. The van der Waals surface area contributed by atoms with Crippen LogP contribution in [-0.4, -0.2) is 33.4 Å². The predicted octanol–water partition coefficient (Wildman–Crippen LogP) is 4.34. The quantitative estimate of drug-likeness (QED) is 0.419. The van der Waals surface area contributed by atoms with E-state index in [9.17, 15) is 9.59 Å². The lowest BCUT2D eigenvalue weighted by Crippen LogP contribution is -2.32. The molecule has 3 aromatic heterocycles. The largest absolute Gasteiger partial charge is 0.350 e. The van der Waals surface area contributed by atoms with Gasteiger partial charge in [0, 0.05) is 35.0 Å². The summed E-state index contributed by atoms with van der Waals surface area (Å²) < 4.78 is 1.39. The lowest BCUT2D eigenvalue weighted by Gasteiger charge is -2.22. The Balaban J connectivity index is 1.48. The molecule has 6 nitrogen and oxygen atoms in total. The van der Waals surface area contributed by atoms with Gasteiger partial charge in [0.25, 0.3) is 5.56 Å². The number of benzene rings is 1. The second-order valence-electron chi connectivity index (χ2n) is 8.04. The third-order valence-electron chi connectivity index (χ3n) is 5.56. The molecule has 0 bridgehead atoms. The van der Waals surface area contributed by atoms with Gasteiger partial charge in [0.2, 0.25) is 5.91 Å². The Morgan fingerprint density at radius 1 is 1.16 bits per heavy atom. The molecule has 0 radical (unpaired) electrons. The second kappa shape index (κ2) is 9.77. The third-order valence-corrected chi connectivity index (χ3v) is 7.35. The molecule has 166 valence electrons. The van der Waals surface area contributed by atoms with Crippen molar-refractivity contribution in [1.82, 2.24) is 19.8 Å². The van der Waals surface area contributed by atoms with E-state index >= 15 is 0 Å². The molecule has 0 aliphatic heterocycles. The Bertz CT molecular complexity index is 1270. The highest BCUT2D eigenvalue weighted by molar-refractivity contribution is 7.18. The van der Waals surface area contributed by atoms with Crippen molar-refractivity contribution in [1.29, 1.82) is 0 Å². The Morgan fingerprint density at radius 2 is 1.94 bits per heavy atom. The average molecular weight is 467 g/mol. The van der Waals surface area contributed by atoms with Gasteiger partial charge >= 0.3 is 0 Å². The van der Waals surface area contributed by atoms with E-state index in [1.165, 1.54) is 27.8 Å². The van der Waals surface area contributed by atoms with E-state index in [1.54, 1.807) is 11.3 Å². The molecule has 0 unspecified atom stereocenters. The van der Waals surface area contributed by atoms with Crippen molar-refractivity contribution in [3.63, 3.8) is 0 Å². The van der Waals surface area contributed by atoms with Crippen LogP contribution in [0.4, 0.5) is 0 Å². The maximum absolute atomic E-state index is 13.1. The summed E-state index contributed by atoms with van der Waals surface area (Å²) in [6.45, 7) is 5.49. The smallest absolute Gasteiger partial charge is 0.263 e. The highest BCUT2D eigenvalue weighted by Gasteiger charge is 2.15. The van der Waals surface area contributed by atoms with Crippen LogP contribution in [-0.2, 0) is 24.4 Å². The zero-order valence-corrected chi connectivity index (χ0v) is 20.0. The van der Waals surface area contributed by atoms with Crippen molar-refractivity contribution in [2.24, 2.45) is 0 Å². The van der Waals surface area contributed by atoms with Crippen LogP contribution in [0.25, 0.3) is 20.7 Å². The van der Waals surface area contributed by atoms with Gasteiger partial charge in [-0.1, -0.05) is 30.3 Å². The van der Waals surface area contributed by atoms with Gasteiger partial charge in [-0.15, -0.1) is 22.7 Å². The minimum atomic E-state index is -0.215. The van der Waals surface area contributed by atoms with Crippen LogP contribution in [0.3, 0.4) is 0 Å². The number of carbonyl (C=O) groups is 1. The fourth-order valence-electron chi connectivity index (χ4n) is 3.43. The first kappa shape index (κ1) is 22.4. The van der Waals surface area contributed by atoms with E-state index in [1.807, 2.05) is 41.1 Å². The molecule has 3 heterocycles. The van der Waals surface area contributed by atoms with E-state index in [0.29, 0.717) is 22.8 Å². The van der Waals surface area contributed by atoms with Crippen molar-refractivity contribution in [3.05, 3.63) is 75.0 Å². The Labute approximate surface area is 195 Å². The van der Waals surface area contributed by atoms with Crippen molar-refractivity contribution < 1.29 is 4.79 Å². The topological polar surface area (TPSA) is 67.2 Å². The Kier molecular flexibility index (Phi) is 6.83. The number of carbonyl (C=O) groups excluding carboxylic acids is 1. The molecule has 4 aromatic rings. The molecule has 0 atom stereocenters. The molecule has 1 N–H and O–H groups in total. The van der Waals surface area contributed by atoms with E-state index in [0.717, 1.165) is 22.5 Å². The van der Waals surface area contributed by atoms with Crippen molar-refractivity contribution >= 4 is 38.8 Å². The lowest BCUT2D eigenvalue weighted by atomic mass is 10.1. The Morgan fingerprint density at radius 3 is 2.66 bits per heavy atom. The monoisotopic (exact) mass is 466 g/mol. The molecule has 4 rings (SSSR count). The maximum atomic E-state index is 13.1. The average Bonchev–Trinajstić information content (AvgIpc) is 3.45. The number of aromatic nitrogens is 2. The molecule has 0 saturated carbocycles. The summed E-state index contributed by atoms with van der Waals surface area (Å²) in [6.07, 6.45) is 1.46. The number of rotatable bonds is 8. The molecule has 0 aliphatic rings. The summed E-state index contributed by atoms with van der Waals surface area (Å²) in [6, 6.07) is 12.5. The van der Waals surface area contributed by atoms with Crippen LogP contribution in [0.15, 0.2) is 58.3 Å². The first-order valence-corrected chi connectivity index (χ1v) is 12.2. The summed E-state index contributed by atoms with van der Waals surface area (Å²) in [7, 11) is 2.09. The minimum absolute atomic E-state index is 0.0600. The van der Waals surface area contributed by atoms with E-state index in [-0.39, 0.29) is 18.0 Å². The summed E-state index contributed by atoms with van der Waals surface area (Å²) in [5.41, 5.74) is 2.96. The van der Waals surface area contributed by atoms with Crippen LogP contribution in [0.2, 0.25) is 0 Å². The number of thiophene rings is 2. The van der Waals surface area contributed by atoms with Gasteiger partial charge in [-0.05, 0) is 43.5 Å². The highest BCUT2D eigenvalue weighted by atomic mass is 32.1. The molecule has 0 fully saturated rings. The standard InChI is InChI=1S/C24H26N4O2S2/c1-16(2)27(3)12-18-8-5-4-7-17(18)11-25-21(29)13-28-15-26-23-22(24(28)30)19(14-32-23)20-9-6-10-31-20/h4-10,14-16H,11-13H2,1-3H3,(H,25,29). The van der Waals surface area contributed by atoms with E-state index < -0.39 is 0 Å². The normalized spacial score (nSPS) is 11.5. The van der Waals surface area contributed by atoms with Gasteiger partial charge in [0.1, 0.15) is 11.4 Å². The number of amides is 1. The zero-order chi connectivity index (χ0) is 22.7. The van der Waals surface area contributed by atoms with E-state index in [2.05, 4.69) is 42.2 Å². The fourth-order valence-corrected chi connectivity index (χ4v) is 5.15. The predicted molar refractivity (Wildman–Crippen MR) is 132 cm³/mol. The molecule has 0 spiro atoms. The Hall–Kier alpha value is -2.81. The first-order chi connectivity index (χ1) is 15.4. The molecule has 0 saturated heterocycles. The van der Waals surface area contributed by atoms with Crippen molar-refractivity contribution in [2.45, 2.75) is 39.5 Å². The third kappa shape index (κ3) is 4.82. The highest BCUT2D eigenvalue weighted by Crippen LogP contribution is 2.33. The van der Waals surface area contributed by atoms with Gasteiger partial charge in [-0.2, -0.15) is 0 Å². The van der Waals surface area contributed by atoms with Gasteiger partial charge < -0.3 is 5.32 Å². The number of hydrogen-bond acceptors (Lipinski definition) is 6. The van der Waals surface area contributed by atoms with Crippen molar-refractivity contribution in [2.75, 3.05) is 7.05 Å². The molecule has 32 heavy (non-hydrogen) atoms. The second-order valence-corrected chi connectivity index (χ2v) is 9.84. The van der Waals surface area contributed by atoms with Crippen molar-refractivity contribution in [3.8, 4) is 10.4 Å². The maximum Gasteiger partial charge on any atom is 0.263 e. The molecular weight excluding hydrogens is 440 g/mol. The van der Waals surface area contributed by atoms with Crippen LogP contribution >= 0.6 is 22.7 Å². The fraction of sp³-hybridized carbons (Fsp3) is 0.292. The summed E-state index contributed by atoms with van der Waals surface area (Å²) in [4.78, 5) is 34.2. The molecule has 0 aliphatic carbocycles. The van der Waals surface area contributed by atoms with Crippen LogP contribution in [0.5, 0.6) is 0 Å². The SMILES string of the molecule is CC(C)N(C)Cc1ccccc1CNC(=O)Cn1cnc2scc(-c3cccs3)c2c1=O. The van der Waals surface area contributed by atoms with E-state index in [4.69, 9.17) is 0 Å². The molecular formula is C24H26N4O2S2. The number of nitrogens with zero attached hydrogens (tertiary/aromatic N) is 3. The molecule has 1 aromatic carbocycles. The van der Waals surface area contributed by atoms with Gasteiger partial charge in [-0.25, -0.2) is 4.98 Å². The summed E-state index contributed by atoms with van der Waals surface area (Å²) in [5.74, 6) is -0.215. The number of fused-ring (bicyclic) bond motifs is 1. The van der Waals surface area contributed by atoms with Gasteiger partial charge in [0.05, 0.1) is 11.7 Å². The van der Waals surface area contributed by atoms with Crippen LogP contribution < -0.4 is 10.9 Å². The van der Waals surface area contributed by atoms with Gasteiger partial charge in [-0.3, -0.25) is 19.1 Å². The summed E-state index contributed by atoms with van der Waals surface area (Å²) >= 11 is 3.03. The van der Waals surface area contributed by atoms with Crippen LogP contribution in [0.1, 0.15) is 25.0 Å². The summed E-state index contributed by atoms with van der Waals surface area (Å²) in [5, 5.41) is 7.48. The zero-order valence-electron chi connectivity index (χ0n) is 18.4. The number of nitrogens with one attached hydrogen (secondary N) is 1. The lowest BCUT2D eigenvalue weighted by molar-refractivity contribution is -0.121. The van der Waals surface area contributed by atoms with Crippen LogP contribution in [0, 0.1) is 0 Å². The molecule has 1 amide bonds. The molecule has 8 heteroatoms. The number of hydrogen-bond donors (Lipinski definition) is 1. The minimum Gasteiger partial charge on any atom is -0.350 e.